The Balaban J connectivity index is 1.64. The normalized spacial score (nSPS) is 50.7. The lowest BCUT2D eigenvalue weighted by Gasteiger charge is -2.59. The number of hydrogen-bond donors (Lipinski definition) is 0. The second kappa shape index (κ2) is 6.38. The SMILES string of the molecule is CCC[C@@H](C)[C@H]1CC[C@H]2[C@@H]3CCC4CCCC[C@]4(C)[C@H]3C(=O)C[C@]12C. The zero-order valence-corrected chi connectivity index (χ0v) is 17.2. The van der Waals surface area contributed by atoms with Crippen molar-refractivity contribution in [3.63, 3.8) is 0 Å². The van der Waals surface area contributed by atoms with Crippen LogP contribution in [0.15, 0.2) is 0 Å². The predicted molar refractivity (Wildman–Crippen MR) is 104 cm³/mol. The molecule has 0 aromatic heterocycles. The van der Waals surface area contributed by atoms with Gasteiger partial charge in [0.15, 0.2) is 0 Å². The Morgan fingerprint density at radius 2 is 1.84 bits per heavy atom. The fourth-order valence-corrected chi connectivity index (χ4v) is 8.74. The van der Waals surface area contributed by atoms with Crippen molar-refractivity contribution in [1.82, 2.24) is 0 Å². The van der Waals surface area contributed by atoms with Crippen LogP contribution in [0.5, 0.6) is 0 Å². The van der Waals surface area contributed by atoms with Crippen molar-refractivity contribution in [3.05, 3.63) is 0 Å². The van der Waals surface area contributed by atoms with E-state index in [0.717, 1.165) is 30.1 Å². The lowest BCUT2D eigenvalue weighted by atomic mass is 9.44. The van der Waals surface area contributed by atoms with Crippen LogP contribution in [0.25, 0.3) is 0 Å². The fourth-order valence-electron chi connectivity index (χ4n) is 8.74. The maximum absolute atomic E-state index is 13.6. The number of fused-ring (bicyclic) bond motifs is 5. The Kier molecular flexibility index (Phi) is 4.61. The van der Waals surface area contributed by atoms with Crippen LogP contribution >= 0.6 is 0 Å². The molecule has 0 bridgehead atoms. The van der Waals surface area contributed by atoms with Gasteiger partial charge in [-0.1, -0.05) is 53.4 Å². The van der Waals surface area contributed by atoms with Gasteiger partial charge < -0.3 is 0 Å². The number of hydrogen-bond acceptors (Lipinski definition) is 1. The van der Waals surface area contributed by atoms with Crippen molar-refractivity contribution in [2.75, 3.05) is 0 Å². The number of rotatable bonds is 3. The summed E-state index contributed by atoms with van der Waals surface area (Å²) >= 11 is 0. The van der Waals surface area contributed by atoms with Gasteiger partial charge in [0.2, 0.25) is 0 Å². The van der Waals surface area contributed by atoms with Gasteiger partial charge in [-0.05, 0) is 78.9 Å². The van der Waals surface area contributed by atoms with E-state index < -0.39 is 0 Å². The zero-order chi connectivity index (χ0) is 17.8. The summed E-state index contributed by atoms with van der Waals surface area (Å²) in [6.07, 6.45) is 14.6. The van der Waals surface area contributed by atoms with Crippen LogP contribution in [0.4, 0.5) is 0 Å². The second-order valence-electron chi connectivity index (χ2n) is 10.9. The molecule has 0 spiro atoms. The first-order chi connectivity index (χ1) is 11.9. The molecule has 4 fully saturated rings. The first-order valence-electron chi connectivity index (χ1n) is 11.4. The molecule has 1 nitrogen and oxygen atoms in total. The van der Waals surface area contributed by atoms with Gasteiger partial charge in [0.1, 0.15) is 5.78 Å². The molecule has 0 aromatic rings. The third-order valence-corrected chi connectivity index (χ3v) is 9.77. The van der Waals surface area contributed by atoms with E-state index in [4.69, 9.17) is 0 Å². The first kappa shape index (κ1) is 18.1. The summed E-state index contributed by atoms with van der Waals surface area (Å²) < 4.78 is 0. The summed E-state index contributed by atoms with van der Waals surface area (Å²) in [6.45, 7) is 9.82. The van der Waals surface area contributed by atoms with Crippen LogP contribution in [0.3, 0.4) is 0 Å². The van der Waals surface area contributed by atoms with E-state index in [2.05, 4.69) is 27.7 Å². The lowest BCUT2D eigenvalue weighted by Crippen LogP contribution is -2.57. The molecule has 4 aliphatic carbocycles. The standard InChI is InChI=1S/C24H40O/c1-5-8-16(2)19-12-13-20-18-11-10-17-9-6-7-14-23(17,3)22(18)21(25)15-24(19,20)4/h16-20,22H,5-15H2,1-4H3/t16-,17?,18+,19-,20+,22-,23+,24-/m1/s1. The summed E-state index contributed by atoms with van der Waals surface area (Å²) in [5.74, 6) is 5.05. The molecule has 4 rings (SSSR count). The van der Waals surface area contributed by atoms with E-state index in [1.54, 1.807) is 0 Å². The van der Waals surface area contributed by atoms with E-state index in [1.165, 1.54) is 64.2 Å². The van der Waals surface area contributed by atoms with E-state index in [9.17, 15) is 4.79 Å². The van der Waals surface area contributed by atoms with Crippen LogP contribution in [0, 0.1) is 46.3 Å². The van der Waals surface area contributed by atoms with Crippen molar-refractivity contribution in [2.45, 2.75) is 98.3 Å². The van der Waals surface area contributed by atoms with Gasteiger partial charge >= 0.3 is 0 Å². The molecule has 142 valence electrons. The first-order valence-corrected chi connectivity index (χ1v) is 11.4. The summed E-state index contributed by atoms with van der Waals surface area (Å²) in [7, 11) is 0. The Hall–Kier alpha value is -0.330. The predicted octanol–water partition coefficient (Wildman–Crippen LogP) is 6.65. The third kappa shape index (κ3) is 2.58. The van der Waals surface area contributed by atoms with E-state index >= 15 is 0 Å². The van der Waals surface area contributed by atoms with Gasteiger partial charge in [0.05, 0.1) is 0 Å². The monoisotopic (exact) mass is 344 g/mol. The van der Waals surface area contributed by atoms with Crippen molar-refractivity contribution in [2.24, 2.45) is 46.3 Å². The molecule has 25 heavy (non-hydrogen) atoms. The number of carbonyl (C=O) groups excluding carboxylic acids is 1. The van der Waals surface area contributed by atoms with Gasteiger partial charge in [-0.3, -0.25) is 4.79 Å². The minimum atomic E-state index is 0.310. The topological polar surface area (TPSA) is 17.1 Å². The summed E-state index contributed by atoms with van der Waals surface area (Å²) in [5, 5.41) is 0. The maximum atomic E-state index is 13.6. The molecule has 0 N–H and O–H groups in total. The fraction of sp³-hybridized carbons (Fsp3) is 0.958. The van der Waals surface area contributed by atoms with Crippen LogP contribution < -0.4 is 0 Å². The van der Waals surface area contributed by atoms with Crippen LogP contribution in [0.1, 0.15) is 98.3 Å². The number of Topliss-reactive ketones (excluding diaryl/α,β-unsaturated/α-hetero) is 1. The largest absolute Gasteiger partial charge is 0.299 e. The van der Waals surface area contributed by atoms with E-state index in [-0.39, 0.29) is 0 Å². The highest BCUT2D eigenvalue weighted by Crippen LogP contribution is 2.67. The summed E-state index contributed by atoms with van der Waals surface area (Å²) in [6, 6.07) is 0. The van der Waals surface area contributed by atoms with Crippen molar-refractivity contribution in [3.8, 4) is 0 Å². The molecule has 8 atom stereocenters. The summed E-state index contributed by atoms with van der Waals surface area (Å²) in [4.78, 5) is 13.6. The Labute approximate surface area is 155 Å². The molecule has 1 unspecified atom stereocenters. The van der Waals surface area contributed by atoms with Crippen molar-refractivity contribution in [1.29, 1.82) is 0 Å². The highest BCUT2D eigenvalue weighted by atomic mass is 16.1. The van der Waals surface area contributed by atoms with Gasteiger partial charge in [0.25, 0.3) is 0 Å². The van der Waals surface area contributed by atoms with Crippen molar-refractivity contribution >= 4 is 5.78 Å². The summed E-state index contributed by atoms with van der Waals surface area (Å²) in [5.41, 5.74) is 0.650. The molecule has 0 radical (unpaired) electrons. The molecule has 4 saturated carbocycles. The van der Waals surface area contributed by atoms with Crippen LogP contribution in [-0.2, 0) is 4.79 Å². The Morgan fingerprint density at radius 1 is 1.04 bits per heavy atom. The molecule has 4 aliphatic rings. The van der Waals surface area contributed by atoms with Gasteiger partial charge in [-0.25, -0.2) is 0 Å². The smallest absolute Gasteiger partial charge is 0.137 e. The highest BCUT2D eigenvalue weighted by molar-refractivity contribution is 5.84. The van der Waals surface area contributed by atoms with Gasteiger partial charge in [-0.15, -0.1) is 0 Å². The van der Waals surface area contributed by atoms with Crippen LogP contribution in [-0.4, -0.2) is 5.78 Å². The Bertz CT molecular complexity index is 524. The molecule has 0 aromatic carbocycles. The molecule has 1 heteroatoms. The molecule has 0 aliphatic heterocycles. The maximum Gasteiger partial charge on any atom is 0.137 e. The zero-order valence-electron chi connectivity index (χ0n) is 17.2. The average molecular weight is 345 g/mol. The quantitative estimate of drug-likeness (QED) is 0.560. The highest BCUT2D eigenvalue weighted by Gasteiger charge is 2.63. The van der Waals surface area contributed by atoms with Crippen LogP contribution in [0.2, 0.25) is 0 Å². The van der Waals surface area contributed by atoms with E-state index in [1.807, 2.05) is 0 Å². The molecule has 0 heterocycles. The lowest BCUT2D eigenvalue weighted by molar-refractivity contribution is -0.158. The average Bonchev–Trinajstić information content (AvgIpc) is 2.90. The van der Waals surface area contributed by atoms with E-state index in [0.29, 0.717) is 28.4 Å². The molecule has 0 saturated heterocycles. The van der Waals surface area contributed by atoms with Gasteiger partial charge in [0, 0.05) is 12.3 Å². The number of carbonyl (C=O) groups is 1. The third-order valence-electron chi connectivity index (χ3n) is 9.77. The van der Waals surface area contributed by atoms with Crippen molar-refractivity contribution < 1.29 is 4.79 Å². The molecule has 0 amide bonds. The second-order valence-corrected chi connectivity index (χ2v) is 10.9. The minimum Gasteiger partial charge on any atom is -0.299 e. The molecular weight excluding hydrogens is 304 g/mol. The van der Waals surface area contributed by atoms with Gasteiger partial charge in [-0.2, -0.15) is 0 Å². The Morgan fingerprint density at radius 3 is 2.60 bits per heavy atom. The number of ketones is 1. The molecular formula is C24H40O. The minimum absolute atomic E-state index is 0.310.